The van der Waals surface area contributed by atoms with E-state index in [1.807, 2.05) is 13.1 Å². The van der Waals surface area contributed by atoms with Crippen LogP contribution in [0.5, 0.6) is 0 Å². The molecule has 0 radical (unpaired) electrons. The second kappa shape index (κ2) is 5.95. The Morgan fingerprint density at radius 3 is 2.55 bits per heavy atom. The first-order valence-electron chi connectivity index (χ1n) is 7.34. The number of anilines is 2. The van der Waals surface area contributed by atoms with E-state index in [9.17, 15) is 0 Å². The zero-order valence-corrected chi connectivity index (χ0v) is 13.2. The smallest absolute Gasteiger partial charge is 0.138 e. The van der Waals surface area contributed by atoms with Crippen molar-refractivity contribution in [3.05, 3.63) is 11.9 Å². The minimum absolute atomic E-state index is 0.0632. The van der Waals surface area contributed by atoms with Crippen LogP contribution in [-0.4, -0.2) is 35.8 Å². The summed E-state index contributed by atoms with van der Waals surface area (Å²) >= 11 is 0. The van der Waals surface area contributed by atoms with Gasteiger partial charge in [0.25, 0.3) is 0 Å². The molecule has 20 heavy (non-hydrogen) atoms. The fourth-order valence-corrected chi connectivity index (χ4v) is 2.32. The van der Waals surface area contributed by atoms with Crippen LogP contribution in [0.3, 0.4) is 0 Å². The zero-order chi connectivity index (χ0) is 14.8. The van der Waals surface area contributed by atoms with Gasteiger partial charge in [-0.3, -0.25) is 0 Å². The molecular formula is C15H26N4O. The van der Waals surface area contributed by atoms with Crippen molar-refractivity contribution < 1.29 is 4.74 Å². The second-order valence-electron chi connectivity index (χ2n) is 6.51. The lowest BCUT2D eigenvalue weighted by molar-refractivity contribution is 0.0232. The molecule has 5 heteroatoms. The lowest BCUT2D eigenvalue weighted by Crippen LogP contribution is -2.33. The molecular weight excluding hydrogens is 252 g/mol. The number of rotatable bonds is 3. The SMILES string of the molecule is CNc1cc(NC2CCOC(C)C2)nc(C(C)(C)C)n1. The van der Waals surface area contributed by atoms with Crippen molar-refractivity contribution in [3.63, 3.8) is 0 Å². The lowest BCUT2D eigenvalue weighted by atomic mass is 9.95. The quantitative estimate of drug-likeness (QED) is 0.890. The first-order chi connectivity index (χ1) is 9.38. The van der Waals surface area contributed by atoms with Crippen LogP contribution in [0.15, 0.2) is 6.07 Å². The summed E-state index contributed by atoms with van der Waals surface area (Å²) in [6.45, 7) is 9.31. The van der Waals surface area contributed by atoms with Crippen molar-refractivity contribution in [1.82, 2.24) is 9.97 Å². The molecule has 2 N–H and O–H groups in total. The van der Waals surface area contributed by atoms with Crippen molar-refractivity contribution >= 4 is 11.6 Å². The molecule has 112 valence electrons. The Hall–Kier alpha value is -1.36. The molecule has 0 aromatic carbocycles. The maximum atomic E-state index is 5.58. The summed E-state index contributed by atoms with van der Waals surface area (Å²) in [6, 6.07) is 2.39. The van der Waals surface area contributed by atoms with Crippen molar-refractivity contribution in [2.45, 2.75) is 58.1 Å². The highest BCUT2D eigenvalue weighted by Gasteiger charge is 2.22. The third-order valence-corrected chi connectivity index (χ3v) is 3.49. The van der Waals surface area contributed by atoms with Gasteiger partial charge in [-0.2, -0.15) is 0 Å². The van der Waals surface area contributed by atoms with Gasteiger partial charge in [-0.05, 0) is 19.8 Å². The third kappa shape index (κ3) is 3.82. The highest BCUT2D eigenvalue weighted by Crippen LogP contribution is 2.24. The Labute approximate surface area is 121 Å². The molecule has 2 atom stereocenters. The Kier molecular flexibility index (Phi) is 4.48. The van der Waals surface area contributed by atoms with Gasteiger partial charge in [-0.15, -0.1) is 0 Å². The Morgan fingerprint density at radius 2 is 1.95 bits per heavy atom. The summed E-state index contributed by atoms with van der Waals surface area (Å²) in [4.78, 5) is 9.21. The average molecular weight is 278 g/mol. The predicted octanol–water partition coefficient (Wildman–Crippen LogP) is 2.80. The molecule has 0 aliphatic carbocycles. The summed E-state index contributed by atoms with van der Waals surface area (Å²) < 4.78 is 5.58. The number of ether oxygens (including phenoxy) is 1. The monoisotopic (exact) mass is 278 g/mol. The highest BCUT2D eigenvalue weighted by molar-refractivity contribution is 5.48. The summed E-state index contributed by atoms with van der Waals surface area (Å²) in [5.74, 6) is 2.60. The molecule has 0 amide bonds. The summed E-state index contributed by atoms with van der Waals surface area (Å²) in [5.41, 5.74) is -0.0632. The largest absolute Gasteiger partial charge is 0.378 e. The second-order valence-corrected chi connectivity index (χ2v) is 6.51. The molecule has 0 spiro atoms. The normalized spacial score (nSPS) is 23.4. The highest BCUT2D eigenvalue weighted by atomic mass is 16.5. The number of hydrogen-bond acceptors (Lipinski definition) is 5. The van der Waals surface area contributed by atoms with Gasteiger partial charge in [0.05, 0.1) is 6.10 Å². The maximum Gasteiger partial charge on any atom is 0.138 e. The van der Waals surface area contributed by atoms with E-state index in [-0.39, 0.29) is 5.41 Å². The van der Waals surface area contributed by atoms with E-state index in [0.29, 0.717) is 12.1 Å². The minimum Gasteiger partial charge on any atom is -0.378 e. The molecule has 1 fully saturated rings. The lowest BCUT2D eigenvalue weighted by Gasteiger charge is -2.29. The fraction of sp³-hybridized carbons (Fsp3) is 0.733. The van der Waals surface area contributed by atoms with Crippen LogP contribution >= 0.6 is 0 Å². The first-order valence-corrected chi connectivity index (χ1v) is 7.34. The fourth-order valence-electron chi connectivity index (χ4n) is 2.32. The van der Waals surface area contributed by atoms with Gasteiger partial charge in [0.1, 0.15) is 17.5 Å². The van der Waals surface area contributed by atoms with Crippen LogP contribution in [0.1, 0.15) is 46.4 Å². The van der Waals surface area contributed by atoms with Crippen molar-refractivity contribution in [1.29, 1.82) is 0 Å². The minimum atomic E-state index is -0.0632. The van der Waals surface area contributed by atoms with Gasteiger partial charge < -0.3 is 15.4 Å². The van der Waals surface area contributed by atoms with Gasteiger partial charge in [-0.25, -0.2) is 9.97 Å². The number of aromatic nitrogens is 2. The molecule has 1 aromatic rings. The molecule has 0 bridgehead atoms. The van der Waals surface area contributed by atoms with Crippen LogP contribution in [0, 0.1) is 0 Å². The molecule has 1 aromatic heterocycles. The van der Waals surface area contributed by atoms with E-state index in [1.54, 1.807) is 0 Å². The Balaban J connectivity index is 2.18. The molecule has 1 aliphatic rings. The molecule has 0 saturated carbocycles. The summed E-state index contributed by atoms with van der Waals surface area (Å²) in [5, 5.41) is 6.64. The topological polar surface area (TPSA) is 59.1 Å². The van der Waals surface area contributed by atoms with E-state index in [4.69, 9.17) is 4.74 Å². The molecule has 2 unspecified atom stereocenters. The zero-order valence-electron chi connectivity index (χ0n) is 13.2. The standard InChI is InChI=1S/C15H26N4O/c1-10-8-11(6-7-20-10)17-13-9-12(16-5)18-14(19-13)15(2,3)4/h9-11H,6-8H2,1-5H3,(H2,16,17,18,19). The van der Waals surface area contributed by atoms with E-state index in [0.717, 1.165) is 36.9 Å². The van der Waals surface area contributed by atoms with Crippen LogP contribution in [0.4, 0.5) is 11.6 Å². The van der Waals surface area contributed by atoms with Crippen molar-refractivity contribution in [2.24, 2.45) is 0 Å². The molecule has 1 saturated heterocycles. The van der Waals surface area contributed by atoms with E-state index >= 15 is 0 Å². The van der Waals surface area contributed by atoms with Gasteiger partial charge in [0.2, 0.25) is 0 Å². The van der Waals surface area contributed by atoms with Crippen molar-refractivity contribution in [3.8, 4) is 0 Å². The van der Waals surface area contributed by atoms with Crippen molar-refractivity contribution in [2.75, 3.05) is 24.3 Å². The third-order valence-electron chi connectivity index (χ3n) is 3.49. The predicted molar refractivity (Wildman–Crippen MR) is 82.3 cm³/mol. The van der Waals surface area contributed by atoms with E-state index in [2.05, 4.69) is 48.3 Å². The number of nitrogens with one attached hydrogen (secondary N) is 2. The van der Waals surface area contributed by atoms with Crippen LogP contribution in [0.2, 0.25) is 0 Å². The molecule has 5 nitrogen and oxygen atoms in total. The van der Waals surface area contributed by atoms with Crippen LogP contribution in [0.25, 0.3) is 0 Å². The Morgan fingerprint density at radius 1 is 1.25 bits per heavy atom. The summed E-state index contributed by atoms with van der Waals surface area (Å²) in [6.07, 6.45) is 2.35. The van der Waals surface area contributed by atoms with Gasteiger partial charge in [0, 0.05) is 31.2 Å². The summed E-state index contributed by atoms with van der Waals surface area (Å²) in [7, 11) is 1.88. The van der Waals surface area contributed by atoms with E-state index < -0.39 is 0 Å². The molecule has 2 heterocycles. The average Bonchev–Trinajstić information content (AvgIpc) is 2.37. The van der Waals surface area contributed by atoms with Crippen LogP contribution < -0.4 is 10.6 Å². The van der Waals surface area contributed by atoms with Gasteiger partial charge in [-0.1, -0.05) is 20.8 Å². The molecule has 1 aliphatic heterocycles. The number of hydrogen-bond donors (Lipinski definition) is 2. The van der Waals surface area contributed by atoms with Gasteiger partial charge >= 0.3 is 0 Å². The van der Waals surface area contributed by atoms with Crippen LogP contribution in [-0.2, 0) is 10.2 Å². The van der Waals surface area contributed by atoms with Gasteiger partial charge in [0.15, 0.2) is 0 Å². The molecule has 2 rings (SSSR count). The number of nitrogens with zero attached hydrogens (tertiary/aromatic N) is 2. The first kappa shape index (κ1) is 15.0. The maximum absolute atomic E-state index is 5.58. The van der Waals surface area contributed by atoms with E-state index in [1.165, 1.54) is 0 Å². The Bertz CT molecular complexity index is 456.